The van der Waals surface area contributed by atoms with Gasteiger partial charge in [-0.3, -0.25) is 4.79 Å². The van der Waals surface area contributed by atoms with Gasteiger partial charge in [-0.2, -0.15) is 5.10 Å². The van der Waals surface area contributed by atoms with Crippen LogP contribution in [0.15, 0.2) is 65.5 Å². The minimum Gasteiger partial charge on any atom is -0.336 e. The van der Waals surface area contributed by atoms with Gasteiger partial charge in [0, 0.05) is 24.2 Å². The van der Waals surface area contributed by atoms with Crippen molar-refractivity contribution in [2.24, 2.45) is 0 Å². The van der Waals surface area contributed by atoms with Crippen molar-refractivity contribution in [1.82, 2.24) is 20.1 Å². The normalized spacial score (nSPS) is 10.8. The molecule has 0 atom stereocenters. The first-order valence-electron chi connectivity index (χ1n) is 10.0. The first-order chi connectivity index (χ1) is 15.9. The number of amides is 2. The average molecular weight is 468 g/mol. The lowest BCUT2D eigenvalue weighted by Crippen LogP contribution is -2.34. The fraction of sp³-hybridized carbons (Fsp3) is 0.130. The maximum atomic E-state index is 13.6. The number of halogens is 2. The van der Waals surface area contributed by atoms with Crippen LogP contribution in [0.3, 0.4) is 0 Å². The first kappa shape index (κ1) is 22.3. The van der Waals surface area contributed by atoms with Crippen LogP contribution >= 0.6 is 11.3 Å². The number of nitrogens with zero attached hydrogens (tertiary/aromatic N) is 3. The van der Waals surface area contributed by atoms with Gasteiger partial charge in [-0.25, -0.2) is 23.2 Å². The number of carbonyl (C=O) groups is 1. The quantitative estimate of drug-likeness (QED) is 0.439. The van der Waals surface area contributed by atoms with Gasteiger partial charge in [-0.05, 0) is 25.1 Å². The van der Waals surface area contributed by atoms with Gasteiger partial charge in [0.25, 0.3) is 5.56 Å². The molecular formula is C23H19F2N5O2S. The molecule has 0 unspecified atom stereocenters. The lowest BCUT2D eigenvalue weighted by Gasteiger charge is -2.10. The Morgan fingerprint density at radius 2 is 1.88 bits per heavy atom. The average Bonchev–Trinajstić information content (AvgIpc) is 3.20. The van der Waals surface area contributed by atoms with E-state index in [1.807, 2.05) is 37.3 Å². The highest BCUT2D eigenvalue weighted by Gasteiger charge is 2.14. The van der Waals surface area contributed by atoms with Crippen molar-refractivity contribution < 1.29 is 13.6 Å². The van der Waals surface area contributed by atoms with Gasteiger partial charge in [-0.15, -0.1) is 11.3 Å². The molecule has 0 saturated heterocycles. The molecule has 33 heavy (non-hydrogen) atoms. The van der Waals surface area contributed by atoms with E-state index in [-0.39, 0.29) is 24.3 Å². The lowest BCUT2D eigenvalue weighted by molar-refractivity contribution is 0.251. The van der Waals surface area contributed by atoms with Crippen LogP contribution in [-0.2, 0) is 6.54 Å². The number of aromatic nitrogens is 3. The zero-order chi connectivity index (χ0) is 23.4. The Hall–Kier alpha value is -3.92. The van der Waals surface area contributed by atoms with Crippen LogP contribution < -0.4 is 16.2 Å². The summed E-state index contributed by atoms with van der Waals surface area (Å²) in [5.41, 5.74) is 1.78. The summed E-state index contributed by atoms with van der Waals surface area (Å²) in [5.74, 6) is -1.43. The van der Waals surface area contributed by atoms with Crippen LogP contribution in [-0.4, -0.2) is 27.3 Å². The molecule has 0 aliphatic rings. The standard InChI is InChI=1S/C23H19F2N5O2S/c1-14-21(33-22(27-14)15-5-3-2-4-6-15)18-9-10-20(31)30(29-18)12-11-26-23(32)28-19-13-16(24)7-8-17(19)25/h2-10,13H,11-12H2,1H3,(H2,26,28,32). The van der Waals surface area contributed by atoms with E-state index in [1.165, 1.54) is 22.1 Å². The first-order valence-corrected chi connectivity index (χ1v) is 10.8. The fourth-order valence-electron chi connectivity index (χ4n) is 3.10. The van der Waals surface area contributed by atoms with E-state index in [4.69, 9.17) is 0 Å². The molecule has 7 nitrogen and oxygen atoms in total. The molecule has 2 N–H and O–H groups in total. The zero-order valence-electron chi connectivity index (χ0n) is 17.5. The van der Waals surface area contributed by atoms with Crippen molar-refractivity contribution in [1.29, 1.82) is 0 Å². The van der Waals surface area contributed by atoms with Crippen molar-refractivity contribution in [3.63, 3.8) is 0 Å². The Kier molecular flexibility index (Phi) is 6.55. The number of rotatable bonds is 6. The Labute approximate surface area is 191 Å². The molecule has 0 fully saturated rings. The Morgan fingerprint density at radius 1 is 1.09 bits per heavy atom. The third-order valence-corrected chi connectivity index (χ3v) is 5.93. The van der Waals surface area contributed by atoms with Gasteiger partial charge < -0.3 is 10.6 Å². The molecule has 0 aliphatic heterocycles. The molecule has 0 spiro atoms. The smallest absolute Gasteiger partial charge is 0.319 e. The maximum Gasteiger partial charge on any atom is 0.319 e. The van der Waals surface area contributed by atoms with Crippen LogP contribution in [0, 0.1) is 18.6 Å². The number of anilines is 1. The molecule has 0 bridgehead atoms. The molecule has 0 aliphatic carbocycles. The van der Waals surface area contributed by atoms with Crippen molar-refractivity contribution in [3.05, 3.63) is 88.3 Å². The predicted molar refractivity (Wildman–Crippen MR) is 123 cm³/mol. The molecule has 0 saturated carbocycles. The van der Waals surface area contributed by atoms with Crippen LogP contribution in [0.5, 0.6) is 0 Å². The van der Waals surface area contributed by atoms with E-state index in [0.29, 0.717) is 5.69 Å². The van der Waals surface area contributed by atoms with Crippen molar-refractivity contribution >= 4 is 23.1 Å². The summed E-state index contributed by atoms with van der Waals surface area (Å²) in [4.78, 5) is 29.7. The molecule has 2 amide bonds. The molecule has 4 aromatic rings. The second-order valence-electron chi connectivity index (χ2n) is 7.08. The molecular weight excluding hydrogens is 448 g/mol. The van der Waals surface area contributed by atoms with E-state index in [1.54, 1.807) is 6.07 Å². The summed E-state index contributed by atoms with van der Waals surface area (Å²) in [6.07, 6.45) is 0. The second-order valence-corrected chi connectivity index (χ2v) is 8.08. The van der Waals surface area contributed by atoms with Gasteiger partial charge in [0.05, 0.1) is 22.8 Å². The molecule has 2 aromatic carbocycles. The Balaban J connectivity index is 1.44. The van der Waals surface area contributed by atoms with Gasteiger partial charge in [0.15, 0.2) is 0 Å². The van der Waals surface area contributed by atoms with E-state index in [2.05, 4.69) is 20.7 Å². The van der Waals surface area contributed by atoms with E-state index < -0.39 is 17.7 Å². The molecule has 168 valence electrons. The summed E-state index contributed by atoms with van der Waals surface area (Å²) < 4.78 is 28.1. The minimum atomic E-state index is -0.757. The summed E-state index contributed by atoms with van der Waals surface area (Å²) in [6.45, 7) is 2.03. The number of thiazole rings is 1. The number of nitrogens with one attached hydrogen (secondary N) is 2. The Bertz CT molecular complexity index is 1350. The van der Waals surface area contributed by atoms with Gasteiger partial charge >= 0.3 is 6.03 Å². The highest BCUT2D eigenvalue weighted by atomic mass is 32.1. The van der Waals surface area contributed by atoms with Crippen LogP contribution in [0.2, 0.25) is 0 Å². The molecule has 2 aromatic heterocycles. The van der Waals surface area contributed by atoms with Crippen molar-refractivity contribution in [3.8, 4) is 21.1 Å². The molecule has 4 rings (SSSR count). The lowest BCUT2D eigenvalue weighted by atomic mass is 10.2. The Morgan fingerprint density at radius 3 is 2.67 bits per heavy atom. The predicted octanol–water partition coefficient (Wildman–Crippen LogP) is 4.44. The summed E-state index contributed by atoms with van der Waals surface area (Å²) in [6, 6.07) is 14.8. The number of urea groups is 1. The second kappa shape index (κ2) is 9.70. The number of hydrogen-bond acceptors (Lipinski definition) is 5. The zero-order valence-corrected chi connectivity index (χ0v) is 18.3. The molecule has 10 heteroatoms. The number of carbonyl (C=O) groups excluding carboxylic acids is 1. The topological polar surface area (TPSA) is 88.9 Å². The number of benzene rings is 2. The molecule has 2 heterocycles. The third kappa shape index (κ3) is 5.29. The highest BCUT2D eigenvalue weighted by molar-refractivity contribution is 7.18. The number of hydrogen-bond donors (Lipinski definition) is 2. The summed E-state index contributed by atoms with van der Waals surface area (Å²) >= 11 is 1.48. The van der Waals surface area contributed by atoms with Crippen molar-refractivity contribution in [2.75, 3.05) is 11.9 Å². The molecule has 0 radical (unpaired) electrons. The maximum absolute atomic E-state index is 13.6. The van der Waals surface area contributed by atoms with E-state index >= 15 is 0 Å². The highest BCUT2D eigenvalue weighted by Crippen LogP contribution is 2.33. The summed E-state index contributed by atoms with van der Waals surface area (Å²) in [5, 5.41) is 10.00. The van der Waals surface area contributed by atoms with E-state index in [0.717, 1.165) is 39.3 Å². The number of aryl methyl sites for hydroxylation is 1. The van der Waals surface area contributed by atoms with Crippen LogP contribution in [0.25, 0.3) is 21.1 Å². The largest absolute Gasteiger partial charge is 0.336 e. The van der Waals surface area contributed by atoms with E-state index in [9.17, 15) is 18.4 Å². The van der Waals surface area contributed by atoms with Crippen molar-refractivity contribution in [2.45, 2.75) is 13.5 Å². The van der Waals surface area contributed by atoms with Gasteiger partial charge in [0.2, 0.25) is 0 Å². The SMILES string of the molecule is Cc1nc(-c2ccccc2)sc1-c1ccc(=O)n(CCNC(=O)Nc2cc(F)ccc2F)n1. The van der Waals surface area contributed by atoms with Crippen LogP contribution in [0.4, 0.5) is 19.3 Å². The summed E-state index contributed by atoms with van der Waals surface area (Å²) in [7, 11) is 0. The van der Waals surface area contributed by atoms with Gasteiger partial charge in [-0.1, -0.05) is 30.3 Å². The fourth-order valence-corrected chi connectivity index (χ4v) is 4.14. The van der Waals surface area contributed by atoms with Gasteiger partial charge in [0.1, 0.15) is 22.3 Å². The third-order valence-electron chi connectivity index (χ3n) is 4.70. The monoisotopic (exact) mass is 467 g/mol. The van der Waals surface area contributed by atoms with Crippen LogP contribution in [0.1, 0.15) is 5.69 Å². The minimum absolute atomic E-state index is 0.0517.